The van der Waals surface area contributed by atoms with Crippen LogP contribution in [0, 0.1) is 5.92 Å². The van der Waals surface area contributed by atoms with E-state index < -0.39 is 0 Å². The van der Waals surface area contributed by atoms with Gasteiger partial charge in [0.1, 0.15) is 5.75 Å². The van der Waals surface area contributed by atoms with Crippen molar-refractivity contribution in [2.45, 2.75) is 46.1 Å². The minimum absolute atomic E-state index is 0.259. The molecular weight excluding hydrogens is 262 g/mol. The number of benzene rings is 1. The lowest BCUT2D eigenvalue weighted by atomic mass is 10.1. The standard InChI is InChI=1S/C18H31NO2/c1-5-12-19-18(14-21-13-6-7-15(2)3)16-8-10-17(20-4)11-9-16/h8-11,15,18-19H,5-7,12-14H2,1-4H3. The van der Waals surface area contributed by atoms with Crippen molar-refractivity contribution in [3.05, 3.63) is 29.8 Å². The van der Waals surface area contributed by atoms with E-state index in [4.69, 9.17) is 9.47 Å². The Hall–Kier alpha value is -1.06. The lowest BCUT2D eigenvalue weighted by Crippen LogP contribution is -2.26. The van der Waals surface area contributed by atoms with Crippen LogP contribution in [0.2, 0.25) is 0 Å². The fourth-order valence-corrected chi connectivity index (χ4v) is 2.22. The summed E-state index contributed by atoms with van der Waals surface area (Å²) in [6.07, 6.45) is 3.50. The van der Waals surface area contributed by atoms with Gasteiger partial charge in [-0.2, -0.15) is 0 Å². The predicted molar refractivity (Wildman–Crippen MR) is 88.9 cm³/mol. The maximum absolute atomic E-state index is 5.86. The van der Waals surface area contributed by atoms with E-state index in [0.29, 0.717) is 0 Å². The van der Waals surface area contributed by atoms with Gasteiger partial charge >= 0.3 is 0 Å². The molecule has 1 unspecified atom stereocenters. The Morgan fingerprint density at radius 1 is 1.14 bits per heavy atom. The van der Waals surface area contributed by atoms with Gasteiger partial charge in [0.2, 0.25) is 0 Å². The number of hydrogen-bond donors (Lipinski definition) is 1. The number of hydrogen-bond acceptors (Lipinski definition) is 3. The van der Waals surface area contributed by atoms with E-state index in [0.717, 1.165) is 44.3 Å². The second kappa shape index (κ2) is 10.6. The van der Waals surface area contributed by atoms with Gasteiger partial charge in [0, 0.05) is 6.61 Å². The minimum Gasteiger partial charge on any atom is -0.497 e. The van der Waals surface area contributed by atoms with E-state index >= 15 is 0 Å². The van der Waals surface area contributed by atoms with E-state index in [2.05, 4.69) is 38.2 Å². The number of rotatable bonds is 11. The van der Waals surface area contributed by atoms with Crippen molar-refractivity contribution in [3.8, 4) is 5.75 Å². The summed E-state index contributed by atoms with van der Waals surface area (Å²) in [5.74, 6) is 1.65. The van der Waals surface area contributed by atoms with Gasteiger partial charge in [-0.25, -0.2) is 0 Å². The van der Waals surface area contributed by atoms with Gasteiger partial charge in [-0.3, -0.25) is 0 Å². The highest BCUT2D eigenvalue weighted by atomic mass is 16.5. The monoisotopic (exact) mass is 293 g/mol. The van der Waals surface area contributed by atoms with E-state index in [9.17, 15) is 0 Å². The summed E-state index contributed by atoms with van der Waals surface area (Å²) in [4.78, 5) is 0. The maximum Gasteiger partial charge on any atom is 0.118 e. The summed E-state index contributed by atoms with van der Waals surface area (Å²) in [6, 6.07) is 8.51. The van der Waals surface area contributed by atoms with E-state index in [-0.39, 0.29) is 6.04 Å². The zero-order valence-corrected chi connectivity index (χ0v) is 14.0. The predicted octanol–water partition coefficient (Wildman–Crippen LogP) is 4.19. The van der Waals surface area contributed by atoms with Crippen molar-refractivity contribution in [1.29, 1.82) is 0 Å². The van der Waals surface area contributed by atoms with Gasteiger partial charge in [0.25, 0.3) is 0 Å². The third-order valence-electron chi connectivity index (χ3n) is 3.51. The van der Waals surface area contributed by atoms with Gasteiger partial charge in [0.05, 0.1) is 19.8 Å². The van der Waals surface area contributed by atoms with Crippen LogP contribution in [-0.2, 0) is 4.74 Å². The summed E-state index contributed by atoms with van der Waals surface area (Å²) < 4.78 is 11.1. The van der Waals surface area contributed by atoms with E-state index in [1.54, 1.807) is 7.11 Å². The average molecular weight is 293 g/mol. The first-order valence-corrected chi connectivity index (χ1v) is 8.12. The summed E-state index contributed by atoms with van der Waals surface area (Å²) in [5, 5.41) is 3.56. The quantitative estimate of drug-likeness (QED) is 0.621. The Labute approximate surface area is 130 Å². The van der Waals surface area contributed by atoms with Crippen molar-refractivity contribution in [2.24, 2.45) is 5.92 Å². The van der Waals surface area contributed by atoms with Crippen molar-refractivity contribution in [3.63, 3.8) is 0 Å². The summed E-state index contributed by atoms with van der Waals surface area (Å²) in [5.41, 5.74) is 1.26. The van der Waals surface area contributed by atoms with Gasteiger partial charge < -0.3 is 14.8 Å². The molecule has 0 bridgehead atoms. The number of ether oxygens (including phenoxy) is 2. The third-order valence-corrected chi connectivity index (χ3v) is 3.51. The van der Waals surface area contributed by atoms with Gasteiger partial charge in [-0.15, -0.1) is 0 Å². The summed E-state index contributed by atoms with van der Waals surface area (Å²) in [6.45, 7) is 9.27. The molecule has 0 saturated heterocycles. The molecule has 0 radical (unpaired) electrons. The minimum atomic E-state index is 0.259. The molecule has 1 aromatic carbocycles. The Balaban J connectivity index is 2.46. The third kappa shape index (κ3) is 7.49. The molecule has 0 amide bonds. The molecule has 0 heterocycles. The molecule has 0 fully saturated rings. The van der Waals surface area contributed by atoms with E-state index in [1.165, 1.54) is 12.0 Å². The Morgan fingerprint density at radius 3 is 2.43 bits per heavy atom. The van der Waals surface area contributed by atoms with Crippen LogP contribution in [0.3, 0.4) is 0 Å². The molecule has 3 heteroatoms. The van der Waals surface area contributed by atoms with Gasteiger partial charge in [-0.05, 0) is 49.4 Å². The zero-order chi connectivity index (χ0) is 15.5. The van der Waals surface area contributed by atoms with Crippen molar-refractivity contribution < 1.29 is 9.47 Å². The van der Waals surface area contributed by atoms with Crippen LogP contribution in [-0.4, -0.2) is 26.9 Å². The molecule has 120 valence electrons. The molecule has 1 aromatic rings. The molecule has 3 nitrogen and oxygen atoms in total. The number of nitrogens with one attached hydrogen (secondary N) is 1. The topological polar surface area (TPSA) is 30.5 Å². The second-order valence-corrected chi connectivity index (χ2v) is 5.89. The molecule has 0 spiro atoms. The van der Waals surface area contributed by atoms with E-state index in [1.807, 2.05) is 12.1 Å². The summed E-state index contributed by atoms with van der Waals surface area (Å²) >= 11 is 0. The second-order valence-electron chi connectivity index (χ2n) is 5.89. The first kappa shape index (κ1) is 18.0. The highest BCUT2D eigenvalue weighted by Gasteiger charge is 2.11. The van der Waals surface area contributed by atoms with Gasteiger partial charge in [-0.1, -0.05) is 32.9 Å². The molecule has 0 saturated carbocycles. The molecular formula is C18H31NO2. The average Bonchev–Trinajstić information content (AvgIpc) is 2.50. The Morgan fingerprint density at radius 2 is 1.86 bits per heavy atom. The normalized spacial score (nSPS) is 12.6. The SMILES string of the molecule is CCCNC(COCCCC(C)C)c1ccc(OC)cc1. The van der Waals surface area contributed by atoms with Crippen LogP contribution in [0.1, 0.15) is 51.6 Å². The van der Waals surface area contributed by atoms with Crippen LogP contribution < -0.4 is 10.1 Å². The zero-order valence-electron chi connectivity index (χ0n) is 14.0. The highest BCUT2D eigenvalue weighted by Crippen LogP contribution is 2.18. The van der Waals surface area contributed by atoms with Crippen LogP contribution >= 0.6 is 0 Å². The van der Waals surface area contributed by atoms with Crippen LogP contribution in [0.4, 0.5) is 0 Å². The summed E-state index contributed by atoms with van der Waals surface area (Å²) in [7, 11) is 1.69. The molecule has 0 aliphatic heterocycles. The molecule has 21 heavy (non-hydrogen) atoms. The lowest BCUT2D eigenvalue weighted by molar-refractivity contribution is 0.106. The first-order chi connectivity index (χ1) is 10.2. The van der Waals surface area contributed by atoms with Crippen molar-refractivity contribution in [2.75, 3.05) is 26.9 Å². The molecule has 0 aromatic heterocycles. The fourth-order valence-electron chi connectivity index (χ4n) is 2.22. The molecule has 0 aliphatic rings. The Kier molecular flexibility index (Phi) is 9.11. The van der Waals surface area contributed by atoms with Gasteiger partial charge in [0.15, 0.2) is 0 Å². The van der Waals surface area contributed by atoms with Crippen LogP contribution in [0.25, 0.3) is 0 Å². The molecule has 1 rings (SSSR count). The largest absolute Gasteiger partial charge is 0.497 e. The van der Waals surface area contributed by atoms with Crippen LogP contribution in [0.5, 0.6) is 5.75 Å². The maximum atomic E-state index is 5.86. The lowest BCUT2D eigenvalue weighted by Gasteiger charge is -2.19. The Bertz CT molecular complexity index is 362. The molecule has 1 atom stereocenters. The van der Waals surface area contributed by atoms with Crippen molar-refractivity contribution >= 4 is 0 Å². The first-order valence-electron chi connectivity index (χ1n) is 8.12. The number of methoxy groups -OCH3 is 1. The molecule has 0 aliphatic carbocycles. The smallest absolute Gasteiger partial charge is 0.118 e. The fraction of sp³-hybridized carbons (Fsp3) is 0.667. The molecule has 1 N–H and O–H groups in total. The van der Waals surface area contributed by atoms with Crippen LogP contribution in [0.15, 0.2) is 24.3 Å². The van der Waals surface area contributed by atoms with Crippen molar-refractivity contribution in [1.82, 2.24) is 5.32 Å². The highest BCUT2D eigenvalue weighted by molar-refractivity contribution is 5.29.